The summed E-state index contributed by atoms with van der Waals surface area (Å²) in [5.74, 6) is 0.526. The Hall–Kier alpha value is -0.640. The van der Waals surface area contributed by atoms with Gasteiger partial charge in [0.2, 0.25) is 5.91 Å². The molecule has 3 N–H and O–H groups in total. The van der Waals surface area contributed by atoms with Crippen molar-refractivity contribution in [3.63, 3.8) is 0 Å². The molecule has 0 heterocycles. The van der Waals surface area contributed by atoms with Crippen LogP contribution < -0.4 is 11.1 Å². The van der Waals surface area contributed by atoms with E-state index in [1.165, 1.54) is 0 Å². The Bertz CT molecular complexity index is 201. The maximum atomic E-state index is 11.0. The third kappa shape index (κ3) is 2.44. The van der Waals surface area contributed by atoms with Crippen molar-refractivity contribution in [1.29, 1.82) is 0 Å². The summed E-state index contributed by atoms with van der Waals surface area (Å²) < 4.78 is 0. The van der Waals surface area contributed by atoms with Crippen LogP contribution in [0.3, 0.4) is 0 Å². The summed E-state index contributed by atoms with van der Waals surface area (Å²) in [4.78, 5) is 11.4. The van der Waals surface area contributed by atoms with Crippen molar-refractivity contribution in [2.45, 2.75) is 32.2 Å². The molecule has 0 saturated heterocycles. The van der Waals surface area contributed by atoms with Gasteiger partial charge in [-0.15, -0.1) is 0 Å². The molecule has 4 heteroatoms. The van der Waals surface area contributed by atoms with Crippen LogP contribution in [0.25, 0.3) is 0 Å². The highest BCUT2D eigenvalue weighted by atomic mass is 32.1. The van der Waals surface area contributed by atoms with E-state index in [4.69, 9.17) is 18.0 Å². The molecule has 0 aromatic carbocycles. The van der Waals surface area contributed by atoms with Gasteiger partial charge in [-0.1, -0.05) is 19.1 Å². The summed E-state index contributed by atoms with van der Waals surface area (Å²) in [6.45, 7) is 1.82. The average Bonchev–Trinajstić information content (AvgIpc) is 2.81. The van der Waals surface area contributed by atoms with Crippen LogP contribution in [0.5, 0.6) is 0 Å². The van der Waals surface area contributed by atoms with Crippen molar-refractivity contribution in [2.24, 2.45) is 11.7 Å². The minimum atomic E-state index is -0.0625. The van der Waals surface area contributed by atoms with E-state index in [0.29, 0.717) is 17.3 Å². The van der Waals surface area contributed by atoms with Gasteiger partial charge in [-0.25, -0.2) is 0 Å². The second kappa shape index (κ2) is 3.85. The van der Waals surface area contributed by atoms with E-state index < -0.39 is 0 Å². The molecule has 1 unspecified atom stereocenters. The van der Waals surface area contributed by atoms with Crippen LogP contribution in [0.15, 0.2) is 0 Å². The van der Waals surface area contributed by atoms with E-state index in [-0.39, 0.29) is 11.9 Å². The molecule has 0 spiro atoms. The first kappa shape index (κ1) is 9.45. The molecule has 0 radical (unpaired) electrons. The molecule has 3 nitrogen and oxygen atoms in total. The molecule has 0 bridgehead atoms. The highest BCUT2D eigenvalue weighted by Gasteiger charge is 2.33. The Morgan fingerprint density at radius 3 is 2.67 bits per heavy atom. The van der Waals surface area contributed by atoms with E-state index in [1.807, 2.05) is 6.92 Å². The van der Waals surface area contributed by atoms with Crippen LogP contribution in [0, 0.1) is 5.92 Å². The maximum Gasteiger partial charge on any atom is 0.220 e. The van der Waals surface area contributed by atoms with Gasteiger partial charge in [0.15, 0.2) is 0 Å². The van der Waals surface area contributed by atoms with Crippen LogP contribution in [0.2, 0.25) is 0 Å². The van der Waals surface area contributed by atoms with Crippen molar-refractivity contribution in [1.82, 2.24) is 5.32 Å². The van der Waals surface area contributed by atoms with Gasteiger partial charge in [0.1, 0.15) is 0 Å². The van der Waals surface area contributed by atoms with Crippen molar-refractivity contribution in [3.05, 3.63) is 0 Å². The number of carbonyl (C=O) groups excluding carboxylic acids is 1. The largest absolute Gasteiger partial charge is 0.392 e. The van der Waals surface area contributed by atoms with Crippen molar-refractivity contribution >= 4 is 23.1 Å². The second-order valence-corrected chi connectivity index (χ2v) is 3.61. The SMILES string of the molecule is CCC(=O)NC(C(N)=S)C1CC1. The number of rotatable bonds is 4. The van der Waals surface area contributed by atoms with Gasteiger partial charge in [0.05, 0.1) is 11.0 Å². The van der Waals surface area contributed by atoms with Gasteiger partial charge in [-0.2, -0.15) is 0 Å². The monoisotopic (exact) mass is 186 g/mol. The summed E-state index contributed by atoms with van der Waals surface area (Å²) in [7, 11) is 0. The fourth-order valence-corrected chi connectivity index (χ4v) is 1.38. The van der Waals surface area contributed by atoms with Crippen molar-refractivity contribution in [3.8, 4) is 0 Å². The number of thiocarbonyl (C=S) groups is 1. The summed E-state index contributed by atoms with van der Waals surface area (Å²) in [6.07, 6.45) is 2.75. The zero-order chi connectivity index (χ0) is 9.14. The van der Waals surface area contributed by atoms with Gasteiger partial charge < -0.3 is 11.1 Å². The van der Waals surface area contributed by atoms with Crippen molar-refractivity contribution < 1.29 is 4.79 Å². The van der Waals surface area contributed by atoms with Crippen LogP contribution >= 0.6 is 12.2 Å². The molecule has 12 heavy (non-hydrogen) atoms. The van der Waals surface area contributed by atoms with E-state index in [1.54, 1.807) is 0 Å². The highest BCUT2D eigenvalue weighted by Crippen LogP contribution is 2.32. The first-order valence-corrected chi connectivity index (χ1v) is 4.64. The normalized spacial score (nSPS) is 18.4. The zero-order valence-electron chi connectivity index (χ0n) is 7.17. The Kier molecular flexibility index (Phi) is 3.03. The summed E-state index contributed by atoms with van der Waals surface area (Å²) in [5.41, 5.74) is 5.50. The van der Waals surface area contributed by atoms with Gasteiger partial charge in [-0.3, -0.25) is 4.79 Å². The minimum Gasteiger partial charge on any atom is -0.392 e. The third-order valence-electron chi connectivity index (χ3n) is 2.04. The molecule has 1 fully saturated rings. The lowest BCUT2D eigenvalue weighted by Crippen LogP contribution is -2.44. The Morgan fingerprint density at radius 2 is 2.33 bits per heavy atom. The lowest BCUT2D eigenvalue weighted by Gasteiger charge is -2.15. The number of carbonyl (C=O) groups is 1. The minimum absolute atomic E-state index is 0.0275. The first-order valence-electron chi connectivity index (χ1n) is 4.23. The Labute approximate surface area is 77.7 Å². The molecule has 1 amide bonds. The number of hydrogen-bond acceptors (Lipinski definition) is 2. The molecule has 0 aromatic heterocycles. The fourth-order valence-electron chi connectivity index (χ4n) is 1.13. The van der Waals surface area contributed by atoms with E-state index in [2.05, 4.69) is 5.32 Å². The second-order valence-electron chi connectivity index (χ2n) is 3.14. The van der Waals surface area contributed by atoms with E-state index in [9.17, 15) is 4.79 Å². The van der Waals surface area contributed by atoms with Crippen LogP contribution in [-0.2, 0) is 4.79 Å². The van der Waals surface area contributed by atoms with E-state index >= 15 is 0 Å². The smallest absolute Gasteiger partial charge is 0.220 e. The fraction of sp³-hybridized carbons (Fsp3) is 0.750. The summed E-state index contributed by atoms with van der Waals surface area (Å²) >= 11 is 4.86. The molecular weight excluding hydrogens is 172 g/mol. The lowest BCUT2D eigenvalue weighted by molar-refractivity contribution is -0.121. The summed E-state index contributed by atoms with van der Waals surface area (Å²) in [5, 5.41) is 2.82. The highest BCUT2D eigenvalue weighted by molar-refractivity contribution is 7.80. The van der Waals surface area contributed by atoms with E-state index in [0.717, 1.165) is 12.8 Å². The number of amides is 1. The molecule has 0 aliphatic heterocycles. The molecule has 1 rings (SSSR count). The zero-order valence-corrected chi connectivity index (χ0v) is 7.99. The molecule has 1 aliphatic rings. The quantitative estimate of drug-likeness (QED) is 0.631. The molecule has 1 aliphatic carbocycles. The van der Waals surface area contributed by atoms with Crippen LogP contribution in [-0.4, -0.2) is 16.9 Å². The number of nitrogens with two attached hydrogens (primary N) is 1. The maximum absolute atomic E-state index is 11.0. The van der Waals surface area contributed by atoms with Gasteiger partial charge in [0.25, 0.3) is 0 Å². The Balaban J connectivity index is 2.43. The van der Waals surface area contributed by atoms with Crippen LogP contribution in [0.1, 0.15) is 26.2 Å². The molecule has 0 aromatic rings. The summed E-state index contributed by atoms with van der Waals surface area (Å²) in [6, 6.07) is -0.0625. The predicted octanol–water partition coefficient (Wildman–Crippen LogP) is 0.577. The van der Waals surface area contributed by atoms with Gasteiger partial charge in [0, 0.05) is 6.42 Å². The first-order chi connectivity index (χ1) is 5.65. The molecular formula is C8H14N2OS. The molecule has 68 valence electrons. The van der Waals surface area contributed by atoms with Gasteiger partial charge >= 0.3 is 0 Å². The molecule has 1 atom stereocenters. The predicted molar refractivity (Wildman–Crippen MR) is 51.7 cm³/mol. The van der Waals surface area contributed by atoms with Crippen molar-refractivity contribution in [2.75, 3.05) is 0 Å². The number of nitrogens with one attached hydrogen (secondary N) is 1. The third-order valence-corrected chi connectivity index (χ3v) is 2.29. The topological polar surface area (TPSA) is 55.1 Å². The van der Waals surface area contributed by atoms with Crippen LogP contribution in [0.4, 0.5) is 0 Å². The lowest BCUT2D eigenvalue weighted by atomic mass is 10.2. The van der Waals surface area contributed by atoms with Gasteiger partial charge in [-0.05, 0) is 18.8 Å². The Morgan fingerprint density at radius 1 is 1.75 bits per heavy atom. The number of hydrogen-bond donors (Lipinski definition) is 2. The standard InChI is InChI=1S/C8H14N2OS/c1-2-6(11)10-7(8(9)12)5-3-4-5/h5,7H,2-4H2,1H3,(H2,9,12)(H,10,11). The average molecular weight is 186 g/mol. The molecule has 1 saturated carbocycles.